The molecule has 100 valence electrons. The fourth-order valence-electron chi connectivity index (χ4n) is 2.00. The molecule has 0 aliphatic rings. The van der Waals surface area contributed by atoms with Crippen LogP contribution in [0, 0.1) is 0 Å². The van der Waals surface area contributed by atoms with Gasteiger partial charge in [-0.1, -0.05) is 30.3 Å². The van der Waals surface area contributed by atoms with E-state index in [2.05, 4.69) is 87.4 Å². The predicted octanol–water partition coefficient (Wildman–Crippen LogP) is 4.78. The highest BCUT2D eigenvalue weighted by atomic mass is 32.2. The fourth-order valence-corrected chi connectivity index (χ4v) is 3.14. The van der Waals surface area contributed by atoms with Crippen LogP contribution in [0.4, 0.5) is 5.69 Å². The summed E-state index contributed by atoms with van der Waals surface area (Å²) >= 11 is 1.90. The zero-order valence-electron chi connectivity index (χ0n) is 12.1. The summed E-state index contributed by atoms with van der Waals surface area (Å²) in [6.45, 7) is 4.55. The minimum absolute atomic E-state index is 0.0756. The topological polar surface area (TPSA) is 3.24 Å². The van der Waals surface area contributed by atoms with E-state index in [1.165, 1.54) is 16.1 Å². The Kier molecular flexibility index (Phi) is 4.20. The quantitative estimate of drug-likeness (QED) is 0.736. The van der Waals surface area contributed by atoms with Crippen LogP contribution in [0.25, 0.3) is 0 Å². The molecule has 0 N–H and O–H groups in total. The molecule has 0 aliphatic heterocycles. The highest BCUT2D eigenvalue weighted by molar-refractivity contribution is 8.00. The number of hydrogen-bond acceptors (Lipinski definition) is 2. The summed E-state index contributed by atoms with van der Waals surface area (Å²) in [5, 5.41) is 0. The van der Waals surface area contributed by atoms with Gasteiger partial charge < -0.3 is 4.90 Å². The maximum Gasteiger partial charge on any atom is 0.0399 e. The van der Waals surface area contributed by atoms with Crippen LogP contribution in [0.2, 0.25) is 0 Å². The van der Waals surface area contributed by atoms with Crippen LogP contribution >= 0.6 is 11.8 Å². The molecule has 0 heterocycles. The number of rotatable bonds is 4. The lowest BCUT2D eigenvalue weighted by Gasteiger charge is -2.25. The van der Waals surface area contributed by atoms with Gasteiger partial charge in [-0.25, -0.2) is 0 Å². The minimum atomic E-state index is 0.0756. The highest BCUT2D eigenvalue weighted by Gasteiger charge is 2.21. The highest BCUT2D eigenvalue weighted by Crippen LogP contribution is 2.40. The number of hydrogen-bond donors (Lipinski definition) is 0. The second kappa shape index (κ2) is 5.70. The number of benzene rings is 2. The lowest BCUT2D eigenvalue weighted by molar-refractivity contribution is 0.782. The molecule has 0 atom stereocenters. The molecule has 19 heavy (non-hydrogen) atoms. The molecule has 0 saturated heterocycles. The lowest BCUT2D eigenvalue weighted by Crippen LogP contribution is -2.13. The predicted molar refractivity (Wildman–Crippen MR) is 86.1 cm³/mol. The fraction of sp³-hybridized carbons (Fsp3) is 0.294. The summed E-state index contributed by atoms with van der Waals surface area (Å²) in [5.41, 5.74) is 2.59. The molecule has 1 nitrogen and oxygen atoms in total. The van der Waals surface area contributed by atoms with E-state index in [4.69, 9.17) is 0 Å². The minimum Gasteiger partial charge on any atom is -0.378 e. The van der Waals surface area contributed by atoms with Gasteiger partial charge in [-0.15, -0.1) is 11.8 Å². The first kappa shape index (κ1) is 14.0. The Morgan fingerprint density at radius 3 is 1.95 bits per heavy atom. The van der Waals surface area contributed by atoms with Crippen molar-refractivity contribution in [3.05, 3.63) is 60.2 Å². The van der Waals surface area contributed by atoms with Gasteiger partial charge in [0, 0.05) is 29.4 Å². The number of anilines is 1. The Morgan fingerprint density at radius 1 is 0.842 bits per heavy atom. The standard InChI is InChI=1S/C17H21NS/c1-17(2,19-16-8-6-5-7-9-16)14-10-12-15(13-11-14)18(3)4/h5-13H,1-4H3. The Morgan fingerprint density at radius 2 is 1.42 bits per heavy atom. The molecule has 2 rings (SSSR count). The van der Waals surface area contributed by atoms with E-state index in [9.17, 15) is 0 Å². The lowest BCUT2D eigenvalue weighted by atomic mass is 10.0. The van der Waals surface area contributed by atoms with E-state index in [1.807, 2.05) is 11.8 Å². The Balaban J connectivity index is 2.19. The first-order valence-electron chi connectivity index (χ1n) is 6.51. The normalized spacial score (nSPS) is 11.4. The largest absolute Gasteiger partial charge is 0.378 e. The van der Waals surface area contributed by atoms with Crippen molar-refractivity contribution >= 4 is 17.4 Å². The van der Waals surface area contributed by atoms with Gasteiger partial charge in [0.15, 0.2) is 0 Å². The Hall–Kier alpha value is -1.41. The van der Waals surface area contributed by atoms with Gasteiger partial charge in [-0.2, -0.15) is 0 Å². The van der Waals surface area contributed by atoms with Gasteiger partial charge in [-0.05, 0) is 43.7 Å². The zero-order valence-corrected chi connectivity index (χ0v) is 12.9. The third-order valence-corrected chi connectivity index (χ3v) is 4.45. The molecule has 2 heteroatoms. The van der Waals surface area contributed by atoms with Crippen LogP contribution in [0.1, 0.15) is 19.4 Å². The molecule has 0 bridgehead atoms. The molecule has 0 fully saturated rings. The zero-order chi connectivity index (χ0) is 13.9. The van der Waals surface area contributed by atoms with Crippen molar-refractivity contribution in [1.29, 1.82) is 0 Å². The van der Waals surface area contributed by atoms with Gasteiger partial charge >= 0.3 is 0 Å². The average Bonchev–Trinajstić information content (AvgIpc) is 2.39. The van der Waals surface area contributed by atoms with Crippen LogP contribution < -0.4 is 4.90 Å². The second-order valence-corrected chi connectivity index (χ2v) is 7.06. The molecule has 0 saturated carbocycles. The number of nitrogens with zero attached hydrogens (tertiary/aromatic N) is 1. The van der Waals surface area contributed by atoms with Crippen molar-refractivity contribution in [3.63, 3.8) is 0 Å². The van der Waals surface area contributed by atoms with E-state index >= 15 is 0 Å². The van der Waals surface area contributed by atoms with Gasteiger partial charge in [0.05, 0.1) is 0 Å². The first-order chi connectivity index (χ1) is 8.99. The molecule has 0 amide bonds. The molecule has 0 unspecified atom stereocenters. The molecular formula is C17H21NS. The van der Waals surface area contributed by atoms with Gasteiger partial charge in [-0.3, -0.25) is 0 Å². The van der Waals surface area contributed by atoms with E-state index in [0.717, 1.165) is 0 Å². The average molecular weight is 271 g/mol. The summed E-state index contributed by atoms with van der Waals surface area (Å²) in [7, 11) is 4.14. The van der Waals surface area contributed by atoms with E-state index in [-0.39, 0.29) is 4.75 Å². The maximum absolute atomic E-state index is 2.27. The van der Waals surface area contributed by atoms with Crippen molar-refractivity contribution < 1.29 is 0 Å². The summed E-state index contributed by atoms with van der Waals surface area (Å²) in [6.07, 6.45) is 0. The van der Waals surface area contributed by atoms with Crippen molar-refractivity contribution in [2.45, 2.75) is 23.5 Å². The SMILES string of the molecule is CN(C)c1ccc(C(C)(C)Sc2ccccc2)cc1. The third-order valence-electron chi connectivity index (χ3n) is 3.20. The van der Waals surface area contributed by atoms with Gasteiger partial charge in [0.2, 0.25) is 0 Å². The van der Waals surface area contributed by atoms with Crippen LogP contribution in [0.3, 0.4) is 0 Å². The van der Waals surface area contributed by atoms with Crippen LogP contribution in [-0.4, -0.2) is 14.1 Å². The van der Waals surface area contributed by atoms with Crippen molar-refractivity contribution in [2.75, 3.05) is 19.0 Å². The molecule has 0 aromatic heterocycles. The molecule has 0 aliphatic carbocycles. The Labute approximate surface area is 120 Å². The van der Waals surface area contributed by atoms with Gasteiger partial charge in [0.1, 0.15) is 0 Å². The Bertz CT molecular complexity index is 515. The molecule has 0 radical (unpaired) electrons. The summed E-state index contributed by atoms with van der Waals surface area (Å²) in [5.74, 6) is 0. The number of thioether (sulfide) groups is 1. The monoisotopic (exact) mass is 271 g/mol. The summed E-state index contributed by atoms with van der Waals surface area (Å²) in [6, 6.07) is 19.4. The summed E-state index contributed by atoms with van der Waals surface area (Å²) in [4.78, 5) is 3.44. The molecule has 2 aromatic rings. The van der Waals surface area contributed by atoms with Crippen molar-refractivity contribution in [3.8, 4) is 0 Å². The van der Waals surface area contributed by atoms with Crippen molar-refractivity contribution in [1.82, 2.24) is 0 Å². The van der Waals surface area contributed by atoms with Gasteiger partial charge in [0.25, 0.3) is 0 Å². The van der Waals surface area contributed by atoms with E-state index < -0.39 is 0 Å². The molecular weight excluding hydrogens is 250 g/mol. The smallest absolute Gasteiger partial charge is 0.0399 e. The van der Waals surface area contributed by atoms with Crippen LogP contribution in [-0.2, 0) is 4.75 Å². The van der Waals surface area contributed by atoms with E-state index in [1.54, 1.807) is 0 Å². The molecule has 2 aromatic carbocycles. The van der Waals surface area contributed by atoms with Crippen LogP contribution in [0.15, 0.2) is 59.5 Å². The van der Waals surface area contributed by atoms with E-state index in [0.29, 0.717) is 0 Å². The third kappa shape index (κ3) is 3.54. The second-order valence-electron chi connectivity index (χ2n) is 5.37. The van der Waals surface area contributed by atoms with Crippen molar-refractivity contribution in [2.24, 2.45) is 0 Å². The summed E-state index contributed by atoms with van der Waals surface area (Å²) < 4.78 is 0.0756. The first-order valence-corrected chi connectivity index (χ1v) is 7.32. The maximum atomic E-state index is 2.27. The van der Waals surface area contributed by atoms with Crippen LogP contribution in [0.5, 0.6) is 0 Å². The molecule has 0 spiro atoms.